The van der Waals surface area contributed by atoms with E-state index in [2.05, 4.69) is 60.7 Å². The molecule has 5 nitrogen and oxygen atoms in total. The van der Waals surface area contributed by atoms with Crippen molar-refractivity contribution in [3.63, 3.8) is 0 Å². The Morgan fingerprint density at radius 1 is 0.725 bits per heavy atom. The largest absolute Gasteiger partial charge is 0.497 e. The third-order valence-electron chi connectivity index (χ3n) is 6.68. The number of rotatable bonds is 10. The van der Waals surface area contributed by atoms with Crippen molar-refractivity contribution in [2.24, 2.45) is 0 Å². The summed E-state index contributed by atoms with van der Waals surface area (Å²) in [4.78, 5) is 0. The van der Waals surface area contributed by atoms with E-state index in [1.807, 2.05) is 68.5 Å². The number of methoxy groups -OCH3 is 3. The summed E-state index contributed by atoms with van der Waals surface area (Å²) in [6.45, 7) is 6.00. The molecule has 0 unspecified atom stereocenters. The Labute approximate surface area is 242 Å². The molecule has 0 aliphatic heterocycles. The molecule has 4 rings (SSSR count). The van der Waals surface area contributed by atoms with Gasteiger partial charge < -0.3 is 14.2 Å². The molecule has 0 amide bonds. The van der Waals surface area contributed by atoms with Crippen LogP contribution in [-0.2, 0) is 11.0 Å². The van der Waals surface area contributed by atoms with Gasteiger partial charge >= 0.3 is 0 Å². The first-order chi connectivity index (χ1) is 19.2. The zero-order valence-electron chi connectivity index (χ0n) is 24.3. The van der Waals surface area contributed by atoms with E-state index >= 15 is 0 Å². The predicted octanol–water partition coefficient (Wildman–Crippen LogP) is 5.95. The predicted molar refractivity (Wildman–Crippen MR) is 169 cm³/mol. The maximum absolute atomic E-state index is 13.9. The van der Waals surface area contributed by atoms with Crippen LogP contribution in [0.3, 0.4) is 0 Å². The van der Waals surface area contributed by atoms with Crippen molar-refractivity contribution in [1.29, 1.82) is 0 Å². The SMILES string of the molecule is COc1ccc([C@H](c2cc(OC)c(OC)cc2P(c2ccccc2)c2ccccc2)N(C)[S@](=O)C(C)(C)C)cc1. The number of hydrogen-bond acceptors (Lipinski definition) is 4. The van der Waals surface area contributed by atoms with Gasteiger partial charge in [-0.1, -0.05) is 72.8 Å². The first kappa shape index (κ1) is 29.8. The Kier molecular flexibility index (Phi) is 9.68. The maximum atomic E-state index is 13.9. The summed E-state index contributed by atoms with van der Waals surface area (Å²) in [5, 5.41) is 3.54. The fraction of sp³-hybridized carbons (Fsp3) is 0.273. The van der Waals surface area contributed by atoms with Crippen LogP contribution >= 0.6 is 7.92 Å². The van der Waals surface area contributed by atoms with Gasteiger partial charge in [-0.15, -0.1) is 0 Å². The summed E-state index contributed by atoms with van der Waals surface area (Å²) in [7, 11) is 4.60. The average molecular weight is 576 g/mol. The molecule has 0 spiro atoms. The van der Waals surface area contributed by atoms with Gasteiger partial charge in [0.1, 0.15) is 16.7 Å². The van der Waals surface area contributed by atoms with Crippen LogP contribution in [0.1, 0.15) is 37.9 Å². The zero-order chi connectivity index (χ0) is 28.9. The van der Waals surface area contributed by atoms with E-state index in [1.54, 1.807) is 21.3 Å². The highest BCUT2D eigenvalue weighted by atomic mass is 32.2. The van der Waals surface area contributed by atoms with E-state index < -0.39 is 23.7 Å². The minimum atomic E-state index is -1.31. The van der Waals surface area contributed by atoms with E-state index in [1.165, 1.54) is 10.6 Å². The Bertz CT molecular complexity index is 1380. The van der Waals surface area contributed by atoms with Crippen LogP contribution in [0.2, 0.25) is 0 Å². The van der Waals surface area contributed by atoms with Gasteiger partial charge in [-0.05, 0) is 80.0 Å². The zero-order valence-corrected chi connectivity index (χ0v) is 26.0. The molecular formula is C33H38NO4PS. The lowest BCUT2D eigenvalue weighted by Gasteiger charge is -2.35. The van der Waals surface area contributed by atoms with Crippen LogP contribution in [0.25, 0.3) is 0 Å². The van der Waals surface area contributed by atoms with Gasteiger partial charge in [-0.25, -0.2) is 8.51 Å². The summed E-state index contributed by atoms with van der Waals surface area (Å²) in [6, 6.07) is 32.9. The smallest absolute Gasteiger partial charge is 0.161 e. The molecule has 210 valence electrons. The average Bonchev–Trinajstić information content (AvgIpc) is 2.98. The molecule has 4 aromatic rings. The number of hydrogen-bond donors (Lipinski definition) is 0. The minimum Gasteiger partial charge on any atom is -0.497 e. The van der Waals surface area contributed by atoms with E-state index in [4.69, 9.17) is 14.2 Å². The van der Waals surface area contributed by atoms with Gasteiger partial charge in [0.25, 0.3) is 0 Å². The Hall–Kier alpha value is -3.18. The summed E-state index contributed by atoms with van der Waals surface area (Å²) < 4.78 is 32.5. The van der Waals surface area contributed by atoms with Crippen molar-refractivity contribution in [1.82, 2.24) is 4.31 Å². The molecule has 7 heteroatoms. The van der Waals surface area contributed by atoms with Crippen molar-refractivity contribution >= 4 is 34.8 Å². The minimum absolute atomic E-state index is 0.335. The molecule has 4 aromatic carbocycles. The fourth-order valence-electron chi connectivity index (χ4n) is 4.78. The van der Waals surface area contributed by atoms with E-state index in [0.29, 0.717) is 11.5 Å². The van der Waals surface area contributed by atoms with Gasteiger partial charge in [0, 0.05) is 7.05 Å². The standard InChI is InChI=1S/C33H38NO4PS/c1-33(2,3)40(35)34(4)32(24-18-20-25(36-5)21-19-24)28-22-29(37-6)30(38-7)23-31(28)39(26-14-10-8-11-15-26)27-16-12-9-13-17-27/h8-23,32H,1-7H3/t32-,40-/m1/s1. The lowest BCUT2D eigenvalue weighted by molar-refractivity contribution is 0.353. The van der Waals surface area contributed by atoms with Crippen LogP contribution < -0.4 is 30.1 Å². The van der Waals surface area contributed by atoms with Crippen LogP contribution in [-0.4, -0.2) is 41.6 Å². The normalized spacial score (nSPS) is 13.2. The van der Waals surface area contributed by atoms with Gasteiger partial charge in [0.15, 0.2) is 11.5 Å². The molecule has 0 fully saturated rings. The summed E-state index contributed by atoms with van der Waals surface area (Å²) in [6.07, 6.45) is 0. The van der Waals surface area contributed by atoms with Gasteiger partial charge in [-0.2, -0.15) is 0 Å². The first-order valence-corrected chi connectivity index (χ1v) is 15.6. The lowest BCUT2D eigenvalue weighted by Crippen LogP contribution is -2.39. The molecule has 0 saturated heterocycles. The topological polar surface area (TPSA) is 48.0 Å². The quantitative estimate of drug-likeness (QED) is 0.219. The van der Waals surface area contributed by atoms with Gasteiger partial charge in [0.2, 0.25) is 0 Å². The first-order valence-electron chi connectivity index (χ1n) is 13.1. The van der Waals surface area contributed by atoms with E-state index in [9.17, 15) is 4.21 Å². The third-order valence-corrected chi connectivity index (χ3v) is 11.0. The van der Waals surface area contributed by atoms with E-state index in [0.717, 1.165) is 22.2 Å². The molecule has 0 aliphatic rings. The Morgan fingerprint density at radius 2 is 1.23 bits per heavy atom. The molecule has 0 radical (unpaired) electrons. The summed E-state index contributed by atoms with van der Waals surface area (Å²) in [5.74, 6) is 2.06. The molecule has 0 N–H and O–H groups in total. The molecular weight excluding hydrogens is 537 g/mol. The lowest BCUT2D eigenvalue weighted by atomic mass is 9.98. The maximum Gasteiger partial charge on any atom is 0.161 e. The van der Waals surface area contributed by atoms with Crippen LogP contribution in [0.15, 0.2) is 97.1 Å². The van der Waals surface area contributed by atoms with Crippen molar-refractivity contribution in [3.05, 3.63) is 108 Å². The van der Waals surface area contributed by atoms with Crippen molar-refractivity contribution in [2.75, 3.05) is 28.4 Å². The second-order valence-electron chi connectivity index (χ2n) is 10.4. The summed E-state index contributed by atoms with van der Waals surface area (Å²) in [5.41, 5.74) is 2.02. The summed E-state index contributed by atoms with van der Waals surface area (Å²) >= 11 is 0. The molecule has 0 aromatic heterocycles. The second-order valence-corrected chi connectivity index (χ2v) is 14.8. The third kappa shape index (κ3) is 6.41. The highest BCUT2D eigenvalue weighted by molar-refractivity contribution is 7.84. The molecule has 0 aliphatic carbocycles. The van der Waals surface area contributed by atoms with Crippen LogP contribution in [0.4, 0.5) is 0 Å². The highest BCUT2D eigenvalue weighted by Gasteiger charge is 2.34. The van der Waals surface area contributed by atoms with Crippen molar-refractivity contribution in [3.8, 4) is 17.2 Å². The van der Waals surface area contributed by atoms with Crippen LogP contribution in [0.5, 0.6) is 17.2 Å². The van der Waals surface area contributed by atoms with Crippen LogP contribution in [0, 0.1) is 0 Å². The second kappa shape index (κ2) is 13.0. The van der Waals surface area contributed by atoms with E-state index in [-0.39, 0.29) is 6.04 Å². The number of nitrogens with zero attached hydrogens (tertiary/aromatic N) is 1. The number of ether oxygens (including phenoxy) is 3. The monoisotopic (exact) mass is 575 g/mol. The van der Waals surface area contributed by atoms with Crippen molar-refractivity contribution < 1.29 is 18.4 Å². The Morgan fingerprint density at radius 3 is 1.68 bits per heavy atom. The molecule has 0 bridgehead atoms. The number of benzene rings is 4. The molecule has 0 saturated carbocycles. The van der Waals surface area contributed by atoms with Crippen molar-refractivity contribution in [2.45, 2.75) is 31.6 Å². The molecule has 0 heterocycles. The Balaban J connectivity index is 2.07. The molecule has 2 atom stereocenters. The van der Waals surface area contributed by atoms with Gasteiger partial charge in [0.05, 0.1) is 32.1 Å². The van der Waals surface area contributed by atoms with Gasteiger partial charge in [-0.3, -0.25) is 0 Å². The molecule has 40 heavy (non-hydrogen) atoms. The highest BCUT2D eigenvalue weighted by Crippen LogP contribution is 2.43. The fourth-order valence-corrected chi connectivity index (χ4v) is 8.55.